The van der Waals surface area contributed by atoms with Crippen LogP contribution in [0.4, 0.5) is 0 Å². The minimum absolute atomic E-state index is 0.0816. The van der Waals surface area contributed by atoms with Crippen LogP contribution in [0.3, 0.4) is 0 Å². The van der Waals surface area contributed by atoms with Crippen molar-refractivity contribution in [1.29, 1.82) is 0 Å². The highest BCUT2D eigenvalue weighted by molar-refractivity contribution is 5.85. The molecule has 0 saturated heterocycles. The third kappa shape index (κ3) is 7.46. The molecule has 0 amide bonds. The van der Waals surface area contributed by atoms with Gasteiger partial charge in [0.2, 0.25) is 0 Å². The number of carbonyl (C=O) groups excluding carboxylic acids is 2. The van der Waals surface area contributed by atoms with E-state index in [-0.39, 0.29) is 11.8 Å². The van der Waals surface area contributed by atoms with Gasteiger partial charge in [-0.2, -0.15) is 0 Å². The average molecular weight is 280 g/mol. The Balaban J connectivity index is 2.59. The molecule has 114 valence electrons. The lowest BCUT2D eigenvalue weighted by Crippen LogP contribution is -2.27. The standard InChI is InChI=1S/C17H28O3/c1-14-11-9-7-5-3-4-6-8-10-12-17(16(19)13-14)20-15(2)18/h7,9,14,17H,3-6,8,10-13H2,1-2H3/b9-7-. The molecule has 2 unspecified atom stereocenters. The summed E-state index contributed by atoms with van der Waals surface area (Å²) in [6.07, 6.45) is 12.9. The van der Waals surface area contributed by atoms with Crippen molar-refractivity contribution < 1.29 is 14.3 Å². The van der Waals surface area contributed by atoms with E-state index in [0.29, 0.717) is 18.8 Å². The summed E-state index contributed by atoms with van der Waals surface area (Å²) in [5.74, 6) is 0.0509. The fourth-order valence-corrected chi connectivity index (χ4v) is 2.61. The third-order valence-corrected chi connectivity index (χ3v) is 3.76. The number of carbonyl (C=O) groups is 2. The predicted molar refractivity (Wildman–Crippen MR) is 80.4 cm³/mol. The highest BCUT2D eigenvalue weighted by Crippen LogP contribution is 2.18. The van der Waals surface area contributed by atoms with Crippen LogP contribution >= 0.6 is 0 Å². The van der Waals surface area contributed by atoms with Gasteiger partial charge in [-0.3, -0.25) is 9.59 Å². The maximum absolute atomic E-state index is 12.2. The van der Waals surface area contributed by atoms with Crippen molar-refractivity contribution in [3.05, 3.63) is 12.2 Å². The number of rotatable bonds is 1. The zero-order valence-electron chi connectivity index (χ0n) is 12.9. The molecule has 2 atom stereocenters. The van der Waals surface area contributed by atoms with Crippen LogP contribution in [-0.2, 0) is 14.3 Å². The van der Waals surface area contributed by atoms with E-state index in [1.165, 1.54) is 26.2 Å². The molecule has 1 aliphatic rings. The second-order valence-corrected chi connectivity index (χ2v) is 5.93. The van der Waals surface area contributed by atoms with Crippen molar-refractivity contribution in [3.63, 3.8) is 0 Å². The van der Waals surface area contributed by atoms with Gasteiger partial charge in [0.25, 0.3) is 0 Å². The first-order valence-electron chi connectivity index (χ1n) is 7.94. The minimum Gasteiger partial charge on any atom is -0.455 e. The Kier molecular flexibility index (Phi) is 8.24. The molecule has 1 rings (SSSR count). The zero-order chi connectivity index (χ0) is 14.8. The summed E-state index contributed by atoms with van der Waals surface area (Å²) in [6, 6.07) is 0. The van der Waals surface area contributed by atoms with E-state index in [9.17, 15) is 9.59 Å². The van der Waals surface area contributed by atoms with Gasteiger partial charge >= 0.3 is 5.97 Å². The van der Waals surface area contributed by atoms with E-state index in [2.05, 4.69) is 19.1 Å². The Labute approximate surface area is 122 Å². The Morgan fingerprint density at radius 1 is 1.15 bits per heavy atom. The lowest BCUT2D eigenvalue weighted by molar-refractivity contribution is -0.153. The Morgan fingerprint density at radius 3 is 2.60 bits per heavy atom. The lowest BCUT2D eigenvalue weighted by Gasteiger charge is -2.18. The first-order valence-corrected chi connectivity index (χ1v) is 7.94. The summed E-state index contributed by atoms with van der Waals surface area (Å²) in [5.41, 5.74) is 0. The van der Waals surface area contributed by atoms with E-state index in [4.69, 9.17) is 4.74 Å². The largest absolute Gasteiger partial charge is 0.455 e. The van der Waals surface area contributed by atoms with Crippen LogP contribution in [-0.4, -0.2) is 17.9 Å². The maximum Gasteiger partial charge on any atom is 0.303 e. The zero-order valence-corrected chi connectivity index (χ0v) is 12.9. The van der Waals surface area contributed by atoms with Crippen LogP contribution < -0.4 is 0 Å². The second kappa shape index (κ2) is 9.73. The van der Waals surface area contributed by atoms with Crippen molar-refractivity contribution >= 4 is 11.8 Å². The molecule has 0 N–H and O–H groups in total. The molecule has 0 aromatic rings. The van der Waals surface area contributed by atoms with Gasteiger partial charge in [-0.1, -0.05) is 38.3 Å². The minimum atomic E-state index is -0.526. The van der Waals surface area contributed by atoms with E-state index in [0.717, 1.165) is 25.7 Å². The quantitative estimate of drug-likeness (QED) is 0.534. The van der Waals surface area contributed by atoms with Gasteiger partial charge in [-0.25, -0.2) is 0 Å². The summed E-state index contributed by atoms with van der Waals surface area (Å²) in [6.45, 7) is 3.46. The first-order chi connectivity index (χ1) is 9.59. The average Bonchev–Trinajstić information content (AvgIpc) is 2.38. The van der Waals surface area contributed by atoms with Crippen molar-refractivity contribution in [2.75, 3.05) is 0 Å². The van der Waals surface area contributed by atoms with Crippen LogP contribution in [0.25, 0.3) is 0 Å². The van der Waals surface area contributed by atoms with Gasteiger partial charge in [0.15, 0.2) is 11.9 Å². The molecule has 0 heterocycles. The van der Waals surface area contributed by atoms with Crippen LogP contribution in [0.1, 0.15) is 71.6 Å². The Hall–Kier alpha value is -1.12. The van der Waals surface area contributed by atoms with E-state index in [1.54, 1.807) is 0 Å². The Morgan fingerprint density at radius 2 is 1.85 bits per heavy atom. The van der Waals surface area contributed by atoms with Gasteiger partial charge in [0.1, 0.15) is 0 Å². The maximum atomic E-state index is 12.2. The normalized spacial score (nSPS) is 28.4. The molecule has 0 aromatic carbocycles. The number of hydrogen-bond donors (Lipinski definition) is 0. The van der Waals surface area contributed by atoms with Crippen LogP contribution in [0.2, 0.25) is 0 Å². The van der Waals surface area contributed by atoms with E-state index < -0.39 is 6.10 Å². The number of Topliss-reactive ketones (excluding diaryl/α,β-unsaturated/α-hetero) is 1. The molecule has 20 heavy (non-hydrogen) atoms. The summed E-state index contributed by atoms with van der Waals surface area (Å²) in [4.78, 5) is 23.4. The fraction of sp³-hybridized carbons (Fsp3) is 0.765. The molecule has 0 saturated carbocycles. The number of esters is 1. The SMILES string of the molecule is CC(=O)OC1CCCCCCC/C=C\CC(C)CC1=O. The number of ketones is 1. The van der Waals surface area contributed by atoms with Gasteiger partial charge in [-0.15, -0.1) is 0 Å². The third-order valence-electron chi connectivity index (χ3n) is 3.76. The lowest BCUT2D eigenvalue weighted by atomic mass is 9.95. The Bertz CT molecular complexity index is 333. The molecular weight excluding hydrogens is 252 g/mol. The number of allylic oxidation sites excluding steroid dienone is 2. The molecule has 0 fully saturated rings. The van der Waals surface area contributed by atoms with Crippen LogP contribution in [0.15, 0.2) is 12.2 Å². The monoisotopic (exact) mass is 280 g/mol. The van der Waals surface area contributed by atoms with Crippen molar-refractivity contribution in [3.8, 4) is 0 Å². The summed E-state index contributed by atoms with van der Waals surface area (Å²) in [7, 11) is 0. The van der Waals surface area contributed by atoms with Crippen molar-refractivity contribution in [2.24, 2.45) is 5.92 Å². The highest BCUT2D eigenvalue weighted by Gasteiger charge is 2.22. The summed E-state index contributed by atoms with van der Waals surface area (Å²) in [5, 5.41) is 0. The van der Waals surface area contributed by atoms with Crippen LogP contribution in [0.5, 0.6) is 0 Å². The molecule has 0 aromatic heterocycles. The molecule has 0 spiro atoms. The molecule has 3 heteroatoms. The molecule has 0 bridgehead atoms. The van der Waals surface area contributed by atoms with Gasteiger partial charge < -0.3 is 4.74 Å². The van der Waals surface area contributed by atoms with Crippen LogP contribution in [0, 0.1) is 5.92 Å². The highest BCUT2D eigenvalue weighted by atomic mass is 16.5. The van der Waals surface area contributed by atoms with E-state index >= 15 is 0 Å². The molecule has 1 aliphatic carbocycles. The predicted octanol–water partition coefficient (Wildman–Crippen LogP) is 4.20. The summed E-state index contributed by atoms with van der Waals surface area (Å²) >= 11 is 0. The van der Waals surface area contributed by atoms with Crippen molar-refractivity contribution in [2.45, 2.75) is 77.7 Å². The van der Waals surface area contributed by atoms with Gasteiger partial charge in [-0.05, 0) is 38.0 Å². The first kappa shape index (κ1) is 16.9. The number of ether oxygens (including phenoxy) is 1. The second-order valence-electron chi connectivity index (χ2n) is 5.93. The summed E-state index contributed by atoms with van der Waals surface area (Å²) < 4.78 is 5.21. The van der Waals surface area contributed by atoms with E-state index in [1.807, 2.05) is 0 Å². The molecule has 3 nitrogen and oxygen atoms in total. The molecule has 0 radical (unpaired) electrons. The molecular formula is C17H28O3. The van der Waals surface area contributed by atoms with Gasteiger partial charge in [0.05, 0.1) is 0 Å². The van der Waals surface area contributed by atoms with Crippen molar-refractivity contribution in [1.82, 2.24) is 0 Å². The smallest absolute Gasteiger partial charge is 0.303 e. The topological polar surface area (TPSA) is 43.4 Å². The van der Waals surface area contributed by atoms with Gasteiger partial charge in [0, 0.05) is 13.3 Å². The number of hydrogen-bond acceptors (Lipinski definition) is 3. The molecule has 0 aliphatic heterocycles. The fourth-order valence-electron chi connectivity index (χ4n) is 2.61.